The summed E-state index contributed by atoms with van der Waals surface area (Å²) in [5.41, 5.74) is 24.0. The molecule has 10 N–H and O–H groups in total. The molecule has 5 aromatic heterocycles. The van der Waals surface area contributed by atoms with Crippen LogP contribution in [-0.4, -0.2) is 163 Å². The molecule has 119 heavy (non-hydrogen) atoms. The average molecular weight is 1730 g/mol. The van der Waals surface area contributed by atoms with Gasteiger partial charge in [0.25, 0.3) is 0 Å². The van der Waals surface area contributed by atoms with Crippen molar-refractivity contribution >= 4 is 101 Å². The first-order valence-corrected chi connectivity index (χ1v) is 38.9. The Morgan fingerprint density at radius 3 is 1.24 bits per heavy atom. The summed E-state index contributed by atoms with van der Waals surface area (Å²) in [6, 6.07) is 63.4. The number of carbonyl (C=O) groups is 6. The first-order chi connectivity index (χ1) is 57.8. The number of para-hydroxylation sites is 8. The van der Waals surface area contributed by atoms with E-state index in [4.69, 9.17) is 44.2 Å². The predicted molar refractivity (Wildman–Crippen MR) is 461 cm³/mol. The Labute approximate surface area is 725 Å². The van der Waals surface area contributed by atoms with Crippen molar-refractivity contribution in [2.45, 2.75) is 39.0 Å². The second-order valence-corrected chi connectivity index (χ2v) is 26.7. The number of H-pyrrole nitrogens is 1. The number of carboxylic acid groups (broad SMARTS) is 1. The molecule has 34 heteroatoms. The first kappa shape index (κ1) is 98.6. The molecule has 12 rings (SSSR count). The number of aromatic amines is 1. The number of anilines is 4. The number of aldehydes is 2. The molecule has 0 atom stereocenters. The number of carboxylic acids is 1. The number of rotatable bonds is 32. The number of aryl methyl sites for hydroxylation is 2. The molecule has 31 nitrogen and oxygen atoms in total. The van der Waals surface area contributed by atoms with Gasteiger partial charge in [-0.15, -0.1) is 0 Å². The van der Waals surface area contributed by atoms with Crippen molar-refractivity contribution in [3.63, 3.8) is 0 Å². The minimum Gasteiger partial charge on any atom is -0.870 e. The third kappa shape index (κ3) is 44.8. The van der Waals surface area contributed by atoms with Gasteiger partial charge in [-0.2, -0.15) is 25.5 Å². The van der Waals surface area contributed by atoms with E-state index in [9.17, 15) is 33.3 Å². The van der Waals surface area contributed by atoms with Gasteiger partial charge in [0.1, 0.15) is 49.0 Å². The molecule has 0 aliphatic carbocycles. The SMILES string of the molecule is BrCCOc1ccccc1.COC(=O)/C=C/c1cnn(CCOc2ccccc2)c1.COC(=O)CP(=O)(OC)OC.Nc1ccccc1N.Nc1ccccc1NC(=O)/C=C/c1cnn(CCCc2ccccc2)c1.O=C(O)/C=C/c1cnn(CCOc2ccccc2)c1.O=Cc1cn[nH]c1.O=Cc1cnn(CCOc2ccccc2)c1.[2HH].[2H][2H].[Na+].[OH-]. The maximum Gasteiger partial charge on any atom is 1.00 e. The Morgan fingerprint density at radius 1 is 0.496 bits per heavy atom. The zero-order chi connectivity index (χ0) is 86.4. The fourth-order valence-electron chi connectivity index (χ4n) is 9.03. The number of ether oxygens (including phenoxy) is 6. The Kier molecular flexibility index (Phi) is 50.3. The Morgan fingerprint density at radius 2 is 0.874 bits per heavy atom. The van der Waals surface area contributed by atoms with Crippen LogP contribution < -0.4 is 71.0 Å². The first-order valence-electron chi connectivity index (χ1n) is 37.0. The van der Waals surface area contributed by atoms with Crippen LogP contribution in [0.1, 0.15) is 53.8 Å². The Bertz CT molecular complexity index is 4900. The molecule has 0 saturated carbocycles. The number of halogens is 1. The van der Waals surface area contributed by atoms with Gasteiger partial charge < -0.3 is 70.6 Å². The molecule has 0 unspecified atom stereocenters. The van der Waals surface area contributed by atoms with E-state index in [-0.39, 0.29) is 54.5 Å². The van der Waals surface area contributed by atoms with E-state index in [1.165, 1.54) is 70.8 Å². The van der Waals surface area contributed by atoms with Gasteiger partial charge in [0.15, 0.2) is 12.6 Å². The van der Waals surface area contributed by atoms with Gasteiger partial charge in [-0.3, -0.25) is 47.6 Å². The minimum atomic E-state index is -3.23. The summed E-state index contributed by atoms with van der Waals surface area (Å²) in [6.07, 6.45) is 28.9. The number of nitrogens with one attached hydrogen (secondary N) is 2. The summed E-state index contributed by atoms with van der Waals surface area (Å²) < 4.78 is 68.0. The van der Waals surface area contributed by atoms with Crippen LogP contribution in [0.5, 0.6) is 23.0 Å². The topological polar surface area (TPSA) is 434 Å². The number of hydrogen-bond donors (Lipinski definition) is 6. The molecule has 0 spiro atoms. The van der Waals surface area contributed by atoms with Crippen molar-refractivity contribution in [3.05, 3.63) is 314 Å². The van der Waals surface area contributed by atoms with Gasteiger partial charge in [-0.1, -0.05) is 143 Å². The number of carbonyl (C=O) groups excluding carboxylic acids is 5. The van der Waals surface area contributed by atoms with Gasteiger partial charge in [-0.25, -0.2) is 9.59 Å². The zero-order valence-corrected chi connectivity index (χ0v) is 71.0. The fraction of sp³-hybridized carbons (Fsp3) is 0.188. The van der Waals surface area contributed by atoms with Crippen molar-refractivity contribution in [1.82, 2.24) is 49.3 Å². The quantitative estimate of drug-likeness (QED) is 0.00434. The van der Waals surface area contributed by atoms with Crippen LogP contribution in [-0.2, 0) is 74.9 Å². The van der Waals surface area contributed by atoms with Crippen LogP contribution in [0, 0.1) is 0 Å². The fourth-order valence-corrected chi connectivity index (χ4v) is 10.0. The Balaban J connectivity index is 0.000000714. The second-order valence-electron chi connectivity index (χ2n) is 23.6. The summed E-state index contributed by atoms with van der Waals surface area (Å²) in [5.74, 6) is 1.24. The number of benzene rings is 7. The number of nitrogens with two attached hydrogens (primary N) is 3. The maximum absolute atomic E-state index is 12.0. The summed E-state index contributed by atoms with van der Waals surface area (Å²) in [6.45, 7) is 5.02. The van der Waals surface area contributed by atoms with Crippen molar-refractivity contribution in [2.75, 3.05) is 88.9 Å². The van der Waals surface area contributed by atoms with Gasteiger partial charge in [0.05, 0.1) is 105 Å². The third-order valence-electron chi connectivity index (χ3n) is 15.0. The molecule has 0 bridgehead atoms. The molecule has 0 radical (unpaired) electrons. The predicted octanol–water partition coefficient (Wildman–Crippen LogP) is 11.2. The van der Waals surface area contributed by atoms with Gasteiger partial charge >= 0.3 is 55.1 Å². The normalized spacial score (nSPS) is 10.2. The van der Waals surface area contributed by atoms with Crippen LogP contribution in [0.4, 0.5) is 22.7 Å². The van der Waals surface area contributed by atoms with Gasteiger partial charge in [-0.05, 0) is 109 Å². The van der Waals surface area contributed by atoms with E-state index >= 15 is 0 Å². The molecule has 0 fully saturated rings. The number of methoxy groups -OCH3 is 2. The third-order valence-corrected chi connectivity index (χ3v) is 17.0. The molecule has 7 aromatic carbocycles. The zero-order valence-electron chi connectivity index (χ0n) is 68.5. The summed E-state index contributed by atoms with van der Waals surface area (Å²) in [7, 11) is 1.75. The number of aromatic nitrogens is 10. The molecular formula is C85H101BrN14NaO17P. The van der Waals surface area contributed by atoms with E-state index < -0.39 is 19.5 Å². The summed E-state index contributed by atoms with van der Waals surface area (Å²) >= 11 is 3.28. The maximum atomic E-state index is 12.0. The number of amides is 1. The molecular weight excluding hydrogens is 1620 g/mol. The van der Waals surface area contributed by atoms with Gasteiger partial charge in [0.2, 0.25) is 5.91 Å². The molecule has 626 valence electrons. The van der Waals surface area contributed by atoms with Crippen LogP contribution in [0.2, 0.25) is 0 Å². The van der Waals surface area contributed by atoms with E-state index in [0.717, 1.165) is 89.7 Å². The van der Waals surface area contributed by atoms with Crippen LogP contribution in [0.15, 0.2) is 280 Å². The Hall–Kier alpha value is -12.8. The molecule has 0 saturated heterocycles. The van der Waals surface area contributed by atoms with E-state index in [1.807, 2.05) is 169 Å². The van der Waals surface area contributed by atoms with Gasteiger partial charge in [0, 0.05) is 96.4 Å². The number of hydrogen-bond acceptors (Lipinski definition) is 24. The molecule has 0 aliphatic heterocycles. The smallest absolute Gasteiger partial charge is 0.870 e. The van der Waals surface area contributed by atoms with E-state index in [1.54, 1.807) is 81.4 Å². The minimum absolute atomic E-state index is 0. The molecule has 12 aromatic rings. The van der Waals surface area contributed by atoms with E-state index in [0.29, 0.717) is 73.3 Å². The number of nitrogen functional groups attached to an aromatic ring is 3. The number of alkyl halides is 1. The summed E-state index contributed by atoms with van der Waals surface area (Å²) in [5, 5.41) is 34.9. The molecule has 0 aliphatic rings. The number of nitrogens with zero attached hydrogens (tertiary/aromatic N) is 9. The standard InChI is InChI=1S/C21H22N4O.C15H16N2O3.C14H14N2O3.C12H12N2O2.C8H9BrO.C6H8N2.C5H11O5P.C4H4N2O.Na.H2O.2H2/c22-19-10-4-5-11-20(19)24-21(26)13-12-18-15-23-25(16-18)14-6-9-17-7-2-1-3-8-17;1-19-15(18)8-7-13-11-16-17(12-13)9-10-20-14-5-3-2-4-6-14;17-14(18)7-6-12-10-15-16(11-12)8-9-19-13-4-2-1-3-5-13;15-10-11-8-13-14(9-11)6-7-16-12-4-2-1-3-5-12;9-6-7-10-8-4-2-1-3-5-8;7-5-3-1-2-4-6(5)8;1-8-5(6)4-11(7,9-2)10-3;7-3-4-1-5-6-2-4;;;;/h1-5,7-8,10-13,15-16H,6,9,14,22H2,(H,24,26);2-8,11-12H,9-10H2,1H3;1-7,10-11H,8-9H2,(H,17,18);1-5,8-10H,6-7H2;1-5H,6-7H2;1-4H,7-8H2;4H2,1-3H3;1-3H,(H,5,6);;1H2;2*1H/q;;;;;;;;+1;;;/p-1/b13-12+;8-7+;7-6+;;;;;;;;;/i;;;;;;;;;;1+1D;1+1. The number of aliphatic carboxylic acids is 1. The average Bonchev–Trinajstić information content (AvgIpc) is 1.64. The van der Waals surface area contributed by atoms with E-state index in [2.05, 4.69) is 94.6 Å². The van der Waals surface area contributed by atoms with Crippen LogP contribution in [0.25, 0.3) is 18.2 Å². The van der Waals surface area contributed by atoms with Crippen LogP contribution in [0.3, 0.4) is 0 Å². The van der Waals surface area contributed by atoms with Crippen molar-refractivity contribution in [2.24, 2.45) is 0 Å². The largest absolute Gasteiger partial charge is 1.00 e. The molecule has 5 heterocycles. The van der Waals surface area contributed by atoms with Crippen LogP contribution >= 0.6 is 23.5 Å². The number of esters is 2. The van der Waals surface area contributed by atoms with Crippen molar-refractivity contribution < 1.29 is 115 Å². The van der Waals surface area contributed by atoms with Crippen molar-refractivity contribution in [1.29, 1.82) is 0 Å². The van der Waals surface area contributed by atoms with Crippen molar-refractivity contribution in [3.8, 4) is 23.0 Å². The molecule has 1 amide bonds. The monoisotopic (exact) mass is 1730 g/mol. The summed E-state index contributed by atoms with van der Waals surface area (Å²) in [4.78, 5) is 64.2. The second kappa shape index (κ2) is 60.7.